The maximum Gasteiger partial charge on any atom is 0.416 e. The minimum atomic E-state index is -4.45. The molecule has 2 aromatic carbocycles. The number of nitrogens with zero attached hydrogens (tertiary/aromatic N) is 4. The molecule has 0 spiro atoms. The quantitative estimate of drug-likeness (QED) is 0.207. The first-order valence-corrected chi connectivity index (χ1v) is 15.1. The van der Waals surface area contributed by atoms with Crippen molar-refractivity contribution in [2.24, 2.45) is 5.92 Å². The van der Waals surface area contributed by atoms with E-state index in [1.807, 2.05) is 34.9 Å². The first-order chi connectivity index (χ1) is 21.2. The Morgan fingerprint density at radius 3 is 2.41 bits per heavy atom. The van der Waals surface area contributed by atoms with Crippen LogP contribution in [0.1, 0.15) is 89.9 Å². The fourth-order valence-corrected chi connectivity index (χ4v) is 6.36. The van der Waals surface area contributed by atoms with E-state index in [4.69, 9.17) is 9.72 Å². The summed E-state index contributed by atoms with van der Waals surface area (Å²) in [6, 6.07) is 14.6. The molecule has 0 bridgehead atoms. The molecule has 2 aliphatic carbocycles. The van der Waals surface area contributed by atoms with Crippen molar-refractivity contribution in [2.45, 2.75) is 69.5 Å². The predicted octanol–water partition coefficient (Wildman–Crippen LogP) is 6.90. The second-order valence-electron chi connectivity index (χ2n) is 11.7. The van der Waals surface area contributed by atoms with Gasteiger partial charge in [0.15, 0.2) is 11.5 Å². The van der Waals surface area contributed by atoms with Crippen LogP contribution < -0.4 is 5.32 Å². The molecule has 4 aromatic rings. The van der Waals surface area contributed by atoms with Crippen molar-refractivity contribution >= 4 is 28.7 Å². The van der Waals surface area contributed by atoms with Crippen molar-refractivity contribution < 1.29 is 27.5 Å². The molecule has 230 valence electrons. The monoisotopic (exact) mass is 605 g/mol. The van der Waals surface area contributed by atoms with E-state index in [0.717, 1.165) is 24.1 Å². The largest absolute Gasteiger partial charge is 0.463 e. The summed E-state index contributed by atoms with van der Waals surface area (Å²) in [5.41, 5.74) is 1.57. The number of nitrogens with one attached hydrogen (secondary N) is 1. The minimum Gasteiger partial charge on any atom is -0.463 e. The van der Waals surface area contributed by atoms with Gasteiger partial charge in [0.25, 0.3) is 0 Å². The maximum atomic E-state index is 13.4. The molecule has 2 atom stereocenters. The Hall–Kier alpha value is -4.28. The molecular weight excluding hydrogens is 571 g/mol. The molecule has 6 rings (SSSR count). The molecule has 0 saturated heterocycles. The van der Waals surface area contributed by atoms with Crippen LogP contribution in [0.5, 0.6) is 0 Å². The first-order valence-electron chi connectivity index (χ1n) is 15.1. The van der Waals surface area contributed by atoms with Crippen molar-refractivity contribution in [1.29, 1.82) is 0 Å². The average molecular weight is 606 g/mol. The van der Waals surface area contributed by atoms with E-state index < -0.39 is 23.6 Å². The molecule has 44 heavy (non-hydrogen) atoms. The fourth-order valence-electron chi connectivity index (χ4n) is 6.36. The number of esters is 1. The van der Waals surface area contributed by atoms with Gasteiger partial charge in [-0.1, -0.05) is 61.7 Å². The molecule has 0 aliphatic heterocycles. The summed E-state index contributed by atoms with van der Waals surface area (Å²) in [6.07, 6.45) is 1.89. The van der Waals surface area contributed by atoms with Gasteiger partial charge in [0.1, 0.15) is 17.1 Å². The number of ketones is 1. The Labute approximate surface area is 253 Å². The summed E-state index contributed by atoms with van der Waals surface area (Å²) in [6.45, 7) is 0.793. The first kappa shape index (κ1) is 29.8. The number of aromatic nitrogens is 4. The number of ether oxygens (including phenoxy) is 1. The van der Waals surface area contributed by atoms with Crippen molar-refractivity contribution in [2.75, 3.05) is 19.0 Å². The number of imidazole rings is 1. The van der Waals surface area contributed by atoms with E-state index in [-0.39, 0.29) is 29.7 Å². The number of methoxy groups -OCH3 is 1. The van der Waals surface area contributed by atoms with Crippen LogP contribution in [-0.2, 0) is 22.3 Å². The number of rotatable bonds is 9. The number of hydrogen-bond acceptors (Lipinski definition) is 7. The third kappa shape index (κ3) is 6.05. The molecule has 1 N–H and O–H groups in total. The van der Waals surface area contributed by atoms with E-state index in [1.165, 1.54) is 38.5 Å². The molecule has 2 fully saturated rings. The average Bonchev–Trinajstić information content (AvgIpc) is 3.36. The van der Waals surface area contributed by atoms with Gasteiger partial charge in [-0.3, -0.25) is 4.79 Å². The highest BCUT2D eigenvalue weighted by molar-refractivity contribution is 5.92. The van der Waals surface area contributed by atoms with Gasteiger partial charge in [-0.2, -0.15) is 13.2 Å². The second-order valence-corrected chi connectivity index (χ2v) is 11.7. The number of benzene rings is 2. The van der Waals surface area contributed by atoms with E-state index >= 15 is 0 Å². The van der Waals surface area contributed by atoms with Crippen molar-refractivity contribution in [3.63, 3.8) is 0 Å². The molecule has 11 heteroatoms. The normalized spacial score (nSPS) is 19.1. The minimum absolute atomic E-state index is 0.112. The maximum absolute atomic E-state index is 13.4. The van der Waals surface area contributed by atoms with Crippen LogP contribution in [0.2, 0.25) is 0 Å². The highest BCUT2D eigenvalue weighted by Gasteiger charge is 2.38. The van der Waals surface area contributed by atoms with Gasteiger partial charge >= 0.3 is 12.1 Å². The molecule has 8 nitrogen and oxygen atoms in total. The SMILES string of the molecule is COC(=O)c1nc(NCCC2CCC2)c2c(n1)nc(C1CCCC(=O)[C@H]1c1ccccc1)n2Cc1ccc(C(F)(F)F)cc1. The highest BCUT2D eigenvalue weighted by Crippen LogP contribution is 2.43. The van der Waals surface area contributed by atoms with Crippen LogP contribution in [-0.4, -0.2) is 44.9 Å². The highest BCUT2D eigenvalue weighted by atomic mass is 19.4. The van der Waals surface area contributed by atoms with Crippen LogP contribution in [0.3, 0.4) is 0 Å². The number of carbonyl (C=O) groups is 2. The zero-order valence-electron chi connectivity index (χ0n) is 24.4. The molecule has 2 heterocycles. The van der Waals surface area contributed by atoms with E-state index in [1.54, 1.807) is 0 Å². The number of Topliss-reactive ketones (excluding diaryl/α,β-unsaturated/α-hetero) is 1. The summed E-state index contributed by atoms with van der Waals surface area (Å²) in [5.74, 6) is 0.119. The lowest BCUT2D eigenvalue weighted by atomic mass is 9.74. The van der Waals surface area contributed by atoms with Crippen LogP contribution >= 0.6 is 0 Å². The third-order valence-corrected chi connectivity index (χ3v) is 8.87. The van der Waals surface area contributed by atoms with Crippen LogP contribution in [0, 0.1) is 5.92 Å². The Bertz CT molecular complexity index is 1650. The number of alkyl halides is 3. The van der Waals surface area contributed by atoms with Crippen LogP contribution in [0.25, 0.3) is 11.2 Å². The van der Waals surface area contributed by atoms with Gasteiger partial charge in [-0.25, -0.2) is 19.7 Å². The predicted molar refractivity (Wildman–Crippen MR) is 158 cm³/mol. The Morgan fingerprint density at radius 1 is 1.00 bits per heavy atom. The van der Waals surface area contributed by atoms with Crippen molar-refractivity contribution in [3.8, 4) is 0 Å². The Balaban J connectivity index is 1.50. The van der Waals surface area contributed by atoms with Gasteiger partial charge < -0.3 is 14.6 Å². The molecule has 2 aromatic heterocycles. The van der Waals surface area contributed by atoms with Crippen LogP contribution in [0.15, 0.2) is 54.6 Å². The lowest BCUT2D eigenvalue weighted by molar-refractivity contribution is -0.137. The molecule has 2 saturated carbocycles. The van der Waals surface area contributed by atoms with Gasteiger partial charge in [0.05, 0.1) is 18.6 Å². The molecule has 2 aliphatic rings. The lowest BCUT2D eigenvalue weighted by Crippen LogP contribution is -2.27. The Kier molecular flexibility index (Phi) is 8.38. The molecular formula is C33H34F3N5O3. The van der Waals surface area contributed by atoms with E-state index in [9.17, 15) is 22.8 Å². The third-order valence-electron chi connectivity index (χ3n) is 8.87. The summed E-state index contributed by atoms with van der Waals surface area (Å²) < 4.78 is 46.8. The fraction of sp³-hybridized carbons (Fsp3) is 0.424. The Morgan fingerprint density at radius 2 is 1.75 bits per heavy atom. The van der Waals surface area contributed by atoms with Gasteiger partial charge in [0.2, 0.25) is 5.82 Å². The number of fused-ring (bicyclic) bond motifs is 1. The van der Waals surface area contributed by atoms with Crippen molar-refractivity contribution in [1.82, 2.24) is 19.5 Å². The zero-order valence-corrected chi connectivity index (χ0v) is 24.4. The molecule has 1 unspecified atom stereocenters. The molecule has 0 amide bonds. The topological polar surface area (TPSA) is 99.0 Å². The van der Waals surface area contributed by atoms with Crippen LogP contribution in [0.4, 0.5) is 19.0 Å². The molecule has 0 radical (unpaired) electrons. The summed E-state index contributed by atoms with van der Waals surface area (Å²) >= 11 is 0. The van der Waals surface area contributed by atoms with Gasteiger partial charge in [-0.15, -0.1) is 0 Å². The lowest BCUT2D eigenvalue weighted by Gasteiger charge is -2.31. The smallest absolute Gasteiger partial charge is 0.416 e. The number of halogens is 3. The van der Waals surface area contributed by atoms with Crippen molar-refractivity contribution in [3.05, 3.63) is 82.9 Å². The van der Waals surface area contributed by atoms with Gasteiger partial charge in [-0.05, 0) is 48.4 Å². The summed E-state index contributed by atoms with van der Waals surface area (Å²) in [4.78, 5) is 40.0. The van der Waals surface area contributed by atoms with E-state index in [2.05, 4.69) is 15.3 Å². The van der Waals surface area contributed by atoms with Gasteiger partial charge in [0, 0.05) is 25.4 Å². The standard InChI is InChI=1S/C33H34F3N5O3/c1-44-32(43)30-38-28(37-18-17-20-7-5-8-20)27-29(39-30)40-31(41(27)19-21-13-15-23(16-14-21)33(34,35)36)24-11-6-12-25(42)26(24)22-9-3-2-4-10-22/h2-4,9-10,13-16,20,24,26H,5-8,11-12,17-19H2,1H3,(H,37,38,39)/t24?,26-/m0/s1. The number of carbonyl (C=O) groups excluding carboxylic acids is 2. The summed E-state index contributed by atoms with van der Waals surface area (Å²) in [5, 5.41) is 3.39. The zero-order chi connectivity index (χ0) is 30.8. The summed E-state index contributed by atoms with van der Waals surface area (Å²) in [7, 11) is 1.26. The van der Waals surface area contributed by atoms with E-state index in [0.29, 0.717) is 54.4 Å². The number of hydrogen-bond donors (Lipinski definition) is 1. The number of anilines is 1. The second kappa shape index (κ2) is 12.4.